The number of nitrogens with one attached hydrogen (secondary N) is 1. The number of fused-ring (bicyclic) bond motifs is 4. The molecule has 3 aromatic heterocycles. The molecule has 1 aliphatic carbocycles. The Balaban J connectivity index is 1.45. The number of hydrogen-bond acceptors (Lipinski definition) is 7. The van der Waals surface area contributed by atoms with Gasteiger partial charge in [0.15, 0.2) is 5.16 Å². The van der Waals surface area contributed by atoms with Crippen LogP contribution in [0, 0.1) is 5.92 Å². The first-order valence-corrected chi connectivity index (χ1v) is 13.6. The number of aryl methyl sites for hydroxylation is 1. The molecule has 3 heterocycles. The fourth-order valence-electron chi connectivity index (χ4n) is 4.52. The van der Waals surface area contributed by atoms with Crippen LogP contribution < -0.4 is 11.1 Å². The summed E-state index contributed by atoms with van der Waals surface area (Å²) >= 11 is 3.08. The maximum absolute atomic E-state index is 13.2. The molecule has 7 nitrogen and oxygen atoms in total. The number of para-hydroxylation sites is 1. The van der Waals surface area contributed by atoms with Crippen LogP contribution in [-0.2, 0) is 29.9 Å². The highest BCUT2D eigenvalue weighted by Crippen LogP contribution is 2.35. The number of thioether (sulfide) groups is 1. The molecule has 178 valence electrons. The van der Waals surface area contributed by atoms with Crippen molar-refractivity contribution in [2.75, 3.05) is 13.2 Å². The molecule has 0 radical (unpaired) electrons. The Kier molecular flexibility index (Phi) is 6.85. The van der Waals surface area contributed by atoms with Crippen LogP contribution in [-0.4, -0.2) is 32.7 Å². The minimum atomic E-state index is -0.0618. The first kappa shape index (κ1) is 23.3. The summed E-state index contributed by atoms with van der Waals surface area (Å²) in [5.74, 6) is 1.69. The van der Waals surface area contributed by atoms with Crippen LogP contribution in [0.15, 0.2) is 39.0 Å². The van der Waals surface area contributed by atoms with Crippen LogP contribution >= 0.6 is 23.1 Å². The molecule has 0 bridgehead atoms. The Hall–Kier alpha value is -2.49. The van der Waals surface area contributed by atoms with Crippen molar-refractivity contribution in [1.82, 2.24) is 19.5 Å². The quantitative estimate of drug-likeness (QED) is 0.219. The smallest absolute Gasteiger partial charge is 0.262 e. The van der Waals surface area contributed by atoms with Gasteiger partial charge in [0.1, 0.15) is 10.7 Å². The summed E-state index contributed by atoms with van der Waals surface area (Å²) in [6.45, 7) is 5.99. The van der Waals surface area contributed by atoms with Crippen molar-refractivity contribution < 1.29 is 4.74 Å². The molecule has 0 saturated heterocycles. The topological polar surface area (TPSA) is 89.9 Å². The minimum absolute atomic E-state index is 0.0541. The van der Waals surface area contributed by atoms with E-state index in [4.69, 9.17) is 14.7 Å². The van der Waals surface area contributed by atoms with Gasteiger partial charge in [-0.2, -0.15) is 0 Å². The van der Waals surface area contributed by atoms with E-state index >= 15 is 0 Å². The van der Waals surface area contributed by atoms with Gasteiger partial charge >= 0.3 is 0 Å². The normalized spacial score (nSPS) is 15.8. The number of aromatic amines is 1. The van der Waals surface area contributed by atoms with Gasteiger partial charge in [-0.05, 0) is 56.2 Å². The summed E-state index contributed by atoms with van der Waals surface area (Å²) < 4.78 is 7.17. The SMILES string of the molecule is CCOCCCn1c(SCc2nc3sc4c(c3c(=O)[nH]2)CC[C@@H](C)C4)nc2ccccc2c1=O. The van der Waals surface area contributed by atoms with E-state index in [1.54, 1.807) is 15.9 Å². The molecule has 1 N–H and O–H groups in total. The molecule has 1 aromatic carbocycles. The Morgan fingerprint density at radius 3 is 2.97 bits per heavy atom. The lowest BCUT2D eigenvalue weighted by Gasteiger charge is -2.17. The number of rotatable bonds is 8. The average molecular weight is 497 g/mol. The summed E-state index contributed by atoms with van der Waals surface area (Å²) in [7, 11) is 0. The molecule has 4 aromatic rings. The van der Waals surface area contributed by atoms with Gasteiger partial charge in [0.05, 0.1) is 22.0 Å². The third-order valence-corrected chi connectivity index (χ3v) is 8.39. The first-order valence-electron chi connectivity index (χ1n) is 11.8. The van der Waals surface area contributed by atoms with Crippen molar-refractivity contribution in [3.8, 4) is 0 Å². The van der Waals surface area contributed by atoms with Gasteiger partial charge in [-0.25, -0.2) is 9.97 Å². The van der Waals surface area contributed by atoms with Crippen molar-refractivity contribution in [3.05, 3.63) is 61.2 Å². The van der Waals surface area contributed by atoms with Gasteiger partial charge in [0.25, 0.3) is 11.1 Å². The van der Waals surface area contributed by atoms with Crippen molar-refractivity contribution in [2.45, 2.75) is 57.0 Å². The molecule has 0 fully saturated rings. The van der Waals surface area contributed by atoms with Gasteiger partial charge in [-0.3, -0.25) is 14.2 Å². The van der Waals surface area contributed by atoms with E-state index in [0.29, 0.717) is 53.3 Å². The summed E-state index contributed by atoms with van der Waals surface area (Å²) in [4.78, 5) is 40.8. The maximum Gasteiger partial charge on any atom is 0.262 e. The maximum atomic E-state index is 13.2. The molecule has 9 heteroatoms. The van der Waals surface area contributed by atoms with E-state index in [-0.39, 0.29) is 11.1 Å². The lowest BCUT2D eigenvalue weighted by atomic mass is 9.89. The molecule has 34 heavy (non-hydrogen) atoms. The van der Waals surface area contributed by atoms with E-state index in [0.717, 1.165) is 35.9 Å². The second-order valence-corrected chi connectivity index (χ2v) is 10.8. The Bertz CT molecular complexity index is 1460. The third-order valence-electron chi connectivity index (χ3n) is 6.25. The van der Waals surface area contributed by atoms with Crippen LogP contribution in [0.5, 0.6) is 0 Å². The van der Waals surface area contributed by atoms with Gasteiger partial charge in [0, 0.05) is 24.6 Å². The zero-order valence-electron chi connectivity index (χ0n) is 19.4. The van der Waals surface area contributed by atoms with E-state index in [2.05, 4.69) is 11.9 Å². The lowest BCUT2D eigenvalue weighted by Crippen LogP contribution is -2.24. The van der Waals surface area contributed by atoms with E-state index in [1.807, 2.05) is 31.2 Å². The number of ether oxygens (including phenoxy) is 1. The zero-order valence-corrected chi connectivity index (χ0v) is 21.1. The summed E-state index contributed by atoms with van der Waals surface area (Å²) in [5.41, 5.74) is 1.74. The molecule has 0 saturated carbocycles. The van der Waals surface area contributed by atoms with Crippen LogP contribution in [0.2, 0.25) is 0 Å². The van der Waals surface area contributed by atoms with Crippen molar-refractivity contribution >= 4 is 44.2 Å². The molecule has 5 rings (SSSR count). The fraction of sp³-hybridized carbons (Fsp3) is 0.440. The molecule has 1 aliphatic rings. The number of benzene rings is 1. The highest BCUT2D eigenvalue weighted by molar-refractivity contribution is 7.98. The van der Waals surface area contributed by atoms with Gasteiger partial charge in [-0.1, -0.05) is 30.8 Å². The first-order chi connectivity index (χ1) is 16.5. The summed E-state index contributed by atoms with van der Waals surface area (Å²) in [6.07, 6.45) is 3.81. The molecule has 1 atom stereocenters. The van der Waals surface area contributed by atoms with Crippen molar-refractivity contribution in [3.63, 3.8) is 0 Å². The van der Waals surface area contributed by atoms with Crippen LogP contribution in [0.4, 0.5) is 0 Å². The van der Waals surface area contributed by atoms with E-state index < -0.39 is 0 Å². The van der Waals surface area contributed by atoms with Crippen LogP contribution in [0.3, 0.4) is 0 Å². The van der Waals surface area contributed by atoms with E-state index in [1.165, 1.54) is 22.2 Å². The lowest BCUT2D eigenvalue weighted by molar-refractivity contribution is 0.140. The summed E-state index contributed by atoms with van der Waals surface area (Å²) in [5, 5.41) is 1.99. The van der Waals surface area contributed by atoms with Gasteiger partial charge in [0.2, 0.25) is 0 Å². The van der Waals surface area contributed by atoms with Gasteiger partial charge < -0.3 is 9.72 Å². The molecule has 0 unspecified atom stereocenters. The van der Waals surface area contributed by atoms with Crippen molar-refractivity contribution in [2.24, 2.45) is 5.92 Å². The largest absolute Gasteiger partial charge is 0.382 e. The Morgan fingerprint density at radius 1 is 1.26 bits per heavy atom. The number of nitrogens with zero attached hydrogens (tertiary/aromatic N) is 3. The van der Waals surface area contributed by atoms with E-state index in [9.17, 15) is 9.59 Å². The Morgan fingerprint density at radius 2 is 2.12 bits per heavy atom. The highest BCUT2D eigenvalue weighted by Gasteiger charge is 2.23. The predicted molar refractivity (Wildman–Crippen MR) is 138 cm³/mol. The number of aromatic nitrogens is 4. The molecule has 0 aliphatic heterocycles. The van der Waals surface area contributed by atoms with Crippen molar-refractivity contribution in [1.29, 1.82) is 0 Å². The second-order valence-electron chi connectivity index (χ2n) is 8.75. The summed E-state index contributed by atoms with van der Waals surface area (Å²) in [6, 6.07) is 7.41. The molecule has 0 spiro atoms. The standard InChI is InChI=1S/C25H28N4O3S2/c1-3-32-12-6-11-29-24(31)16-7-4-5-8-18(16)26-25(29)33-14-20-27-22(30)21-17-10-9-15(2)13-19(17)34-23(21)28-20/h4-5,7-8,15H,3,6,9-14H2,1-2H3,(H,27,28,30)/t15-/m1/s1. The monoisotopic (exact) mass is 496 g/mol. The third kappa shape index (κ3) is 4.56. The highest BCUT2D eigenvalue weighted by atomic mass is 32.2. The molecule has 0 amide bonds. The second kappa shape index (κ2) is 10.0. The predicted octanol–water partition coefficient (Wildman–Crippen LogP) is 4.54. The average Bonchev–Trinajstić information content (AvgIpc) is 3.19. The van der Waals surface area contributed by atoms with Crippen LogP contribution in [0.1, 0.15) is 43.0 Å². The van der Waals surface area contributed by atoms with Gasteiger partial charge in [-0.15, -0.1) is 11.3 Å². The fourth-order valence-corrected chi connectivity index (χ4v) is 6.82. The minimum Gasteiger partial charge on any atom is -0.382 e. The Labute approximate surface area is 205 Å². The number of thiophene rings is 1. The zero-order chi connectivity index (χ0) is 23.7. The number of H-pyrrole nitrogens is 1. The van der Waals surface area contributed by atoms with Crippen LogP contribution in [0.25, 0.3) is 21.1 Å². The molecular formula is C25H28N4O3S2. The molecular weight excluding hydrogens is 468 g/mol. The number of hydrogen-bond donors (Lipinski definition) is 1.